The van der Waals surface area contributed by atoms with Crippen LogP contribution in [0.15, 0.2) is 71.6 Å². The number of sulfonamides is 1. The zero-order valence-electron chi connectivity index (χ0n) is 15.7. The summed E-state index contributed by atoms with van der Waals surface area (Å²) in [4.78, 5) is 12.9. The minimum Gasteiger partial charge on any atom is -0.351 e. The Kier molecular flexibility index (Phi) is 5.58. The third-order valence-electron chi connectivity index (χ3n) is 5.21. The van der Waals surface area contributed by atoms with Crippen LogP contribution in [0.5, 0.6) is 0 Å². The van der Waals surface area contributed by atoms with Crippen molar-refractivity contribution in [2.45, 2.75) is 30.3 Å². The van der Waals surface area contributed by atoms with Crippen LogP contribution >= 0.6 is 11.6 Å². The second kappa shape index (κ2) is 8.14. The van der Waals surface area contributed by atoms with E-state index in [4.69, 9.17) is 11.6 Å². The molecule has 1 fully saturated rings. The SMILES string of the molecule is O=C(NCc1ccc2ccccc2c1)[C@H]1CCCN1S(=O)(=O)c1ccc(Cl)cc1. The van der Waals surface area contributed by atoms with Gasteiger partial charge in [-0.3, -0.25) is 4.79 Å². The first-order valence-corrected chi connectivity index (χ1v) is 11.3. The van der Waals surface area contributed by atoms with Gasteiger partial charge >= 0.3 is 0 Å². The predicted octanol–water partition coefficient (Wildman–Crippen LogP) is 3.96. The van der Waals surface area contributed by atoms with Crippen LogP contribution in [0.4, 0.5) is 0 Å². The Bertz CT molecular complexity index is 1150. The molecule has 1 heterocycles. The van der Waals surface area contributed by atoms with Gasteiger partial charge in [0.05, 0.1) is 4.90 Å². The maximum atomic E-state index is 13.0. The Morgan fingerprint density at radius 1 is 1.03 bits per heavy atom. The molecule has 1 amide bonds. The van der Waals surface area contributed by atoms with Crippen molar-refractivity contribution >= 4 is 38.3 Å². The largest absolute Gasteiger partial charge is 0.351 e. The number of nitrogens with zero attached hydrogens (tertiary/aromatic N) is 1. The van der Waals surface area contributed by atoms with Crippen molar-refractivity contribution in [1.82, 2.24) is 9.62 Å². The van der Waals surface area contributed by atoms with Crippen LogP contribution in [-0.2, 0) is 21.4 Å². The zero-order chi connectivity index (χ0) is 20.4. The maximum absolute atomic E-state index is 13.0. The van der Waals surface area contributed by atoms with E-state index >= 15 is 0 Å². The van der Waals surface area contributed by atoms with Crippen molar-refractivity contribution in [3.63, 3.8) is 0 Å². The number of halogens is 1. The molecule has 29 heavy (non-hydrogen) atoms. The lowest BCUT2D eigenvalue weighted by atomic mass is 10.1. The summed E-state index contributed by atoms with van der Waals surface area (Å²) in [5.41, 5.74) is 0.974. The minimum absolute atomic E-state index is 0.149. The summed E-state index contributed by atoms with van der Waals surface area (Å²) in [6.45, 7) is 0.689. The van der Waals surface area contributed by atoms with Crippen LogP contribution in [0.2, 0.25) is 5.02 Å². The summed E-state index contributed by atoms with van der Waals surface area (Å²) in [5.74, 6) is -0.270. The van der Waals surface area contributed by atoms with Crippen molar-refractivity contribution < 1.29 is 13.2 Å². The Morgan fingerprint density at radius 3 is 2.52 bits per heavy atom. The van der Waals surface area contributed by atoms with Crippen molar-refractivity contribution in [1.29, 1.82) is 0 Å². The average molecular weight is 429 g/mol. The number of rotatable bonds is 5. The molecule has 1 saturated heterocycles. The first-order valence-electron chi connectivity index (χ1n) is 9.48. The highest BCUT2D eigenvalue weighted by molar-refractivity contribution is 7.89. The van der Waals surface area contributed by atoms with Crippen molar-refractivity contribution in [3.8, 4) is 0 Å². The fourth-order valence-corrected chi connectivity index (χ4v) is 5.47. The first kappa shape index (κ1) is 19.9. The quantitative estimate of drug-likeness (QED) is 0.668. The lowest BCUT2D eigenvalue weighted by molar-refractivity contribution is -0.124. The molecule has 1 aliphatic heterocycles. The molecular weight excluding hydrogens is 408 g/mol. The number of amides is 1. The monoisotopic (exact) mass is 428 g/mol. The first-order chi connectivity index (χ1) is 13.9. The van der Waals surface area contributed by atoms with Gasteiger partial charge in [-0.1, -0.05) is 48.0 Å². The van der Waals surface area contributed by atoms with E-state index in [0.717, 1.165) is 16.3 Å². The van der Waals surface area contributed by atoms with Crippen molar-refractivity contribution in [3.05, 3.63) is 77.3 Å². The van der Waals surface area contributed by atoms with Gasteiger partial charge in [0, 0.05) is 18.1 Å². The molecular formula is C22H21ClN2O3S. The Morgan fingerprint density at radius 2 is 1.76 bits per heavy atom. The van der Waals surface area contributed by atoms with Crippen LogP contribution in [0.1, 0.15) is 18.4 Å². The summed E-state index contributed by atoms with van der Waals surface area (Å²) in [6, 6.07) is 19.4. The van der Waals surface area contributed by atoms with Gasteiger partial charge in [0.25, 0.3) is 0 Å². The van der Waals surface area contributed by atoms with Crippen molar-refractivity contribution in [2.75, 3.05) is 6.54 Å². The molecule has 1 N–H and O–H groups in total. The summed E-state index contributed by atoms with van der Waals surface area (Å²) >= 11 is 5.86. The number of hydrogen-bond donors (Lipinski definition) is 1. The van der Waals surface area contributed by atoms with E-state index in [1.807, 2.05) is 42.5 Å². The molecule has 3 aromatic carbocycles. The number of carbonyl (C=O) groups excluding carboxylic acids is 1. The predicted molar refractivity (Wildman–Crippen MR) is 114 cm³/mol. The average Bonchev–Trinajstić information content (AvgIpc) is 3.23. The van der Waals surface area contributed by atoms with Crippen LogP contribution in [0.25, 0.3) is 10.8 Å². The van der Waals surface area contributed by atoms with Gasteiger partial charge in [-0.2, -0.15) is 4.31 Å². The molecule has 0 unspecified atom stereocenters. The molecule has 0 aliphatic carbocycles. The highest BCUT2D eigenvalue weighted by Gasteiger charge is 2.39. The summed E-state index contributed by atoms with van der Waals surface area (Å²) in [6.07, 6.45) is 1.16. The summed E-state index contributed by atoms with van der Waals surface area (Å²) in [7, 11) is -3.75. The van der Waals surface area contributed by atoms with Gasteiger partial charge in [0.1, 0.15) is 6.04 Å². The van der Waals surface area contributed by atoms with Gasteiger partial charge in [-0.15, -0.1) is 0 Å². The molecule has 4 rings (SSSR count). The Labute approximate surface area is 175 Å². The topological polar surface area (TPSA) is 66.5 Å². The van der Waals surface area contributed by atoms with E-state index in [1.54, 1.807) is 12.1 Å². The van der Waals surface area contributed by atoms with Crippen LogP contribution < -0.4 is 5.32 Å². The van der Waals surface area contributed by atoms with Gasteiger partial charge in [0.15, 0.2) is 0 Å². The second-order valence-corrected chi connectivity index (χ2v) is 9.45. The third kappa shape index (κ3) is 4.15. The van der Waals surface area contributed by atoms with E-state index in [0.29, 0.717) is 31.0 Å². The molecule has 150 valence electrons. The third-order valence-corrected chi connectivity index (χ3v) is 7.38. The molecule has 1 aliphatic rings. The fourth-order valence-electron chi connectivity index (χ4n) is 3.69. The van der Waals surface area contributed by atoms with E-state index in [-0.39, 0.29) is 10.8 Å². The Hall–Kier alpha value is -2.41. The molecule has 1 atom stereocenters. The lowest BCUT2D eigenvalue weighted by Crippen LogP contribution is -2.45. The molecule has 7 heteroatoms. The van der Waals surface area contributed by atoms with Crippen LogP contribution in [0.3, 0.4) is 0 Å². The van der Waals surface area contributed by atoms with E-state index in [2.05, 4.69) is 5.32 Å². The molecule has 0 spiro atoms. The van der Waals surface area contributed by atoms with E-state index in [9.17, 15) is 13.2 Å². The Balaban J connectivity index is 1.47. The molecule has 0 saturated carbocycles. The normalized spacial score (nSPS) is 17.5. The van der Waals surface area contributed by atoms with Crippen LogP contribution in [0, 0.1) is 0 Å². The number of nitrogens with one attached hydrogen (secondary N) is 1. The van der Waals surface area contributed by atoms with Gasteiger partial charge < -0.3 is 5.32 Å². The number of carbonyl (C=O) groups is 1. The fraction of sp³-hybridized carbons (Fsp3) is 0.227. The molecule has 0 bridgehead atoms. The highest BCUT2D eigenvalue weighted by Crippen LogP contribution is 2.27. The standard InChI is InChI=1S/C22H21ClN2O3S/c23-19-9-11-20(12-10-19)29(27,28)25-13-3-6-21(25)22(26)24-15-16-7-8-17-4-1-2-5-18(17)14-16/h1-2,4-5,7-12,14,21H,3,6,13,15H2,(H,24,26)/t21-/m1/s1. The molecule has 5 nitrogen and oxygen atoms in total. The summed E-state index contributed by atoms with van der Waals surface area (Å²) in [5, 5.41) is 5.61. The number of fused-ring (bicyclic) bond motifs is 1. The minimum atomic E-state index is -3.75. The maximum Gasteiger partial charge on any atom is 0.243 e. The van der Waals surface area contributed by atoms with Gasteiger partial charge in [-0.05, 0) is 59.5 Å². The molecule has 0 aromatic heterocycles. The number of hydrogen-bond acceptors (Lipinski definition) is 3. The van der Waals surface area contributed by atoms with E-state index < -0.39 is 16.1 Å². The lowest BCUT2D eigenvalue weighted by Gasteiger charge is -2.23. The number of benzene rings is 3. The summed E-state index contributed by atoms with van der Waals surface area (Å²) < 4.78 is 27.3. The van der Waals surface area contributed by atoms with Crippen LogP contribution in [-0.4, -0.2) is 31.2 Å². The smallest absolute Gasteiger partial charge is 0.243 e. The molecule has 0 radical (unpaired) electrons. The van der Waals surface area contributed by atoms with Crippen molar-refractivity contribution in [2.24, 2.45) is 0 Å². The zero-order valence-corrected chi connectivity index (χ0v) is 17.3. The molecule has 3 aromatic rings. The van der Waals surface area contributed by atoms with Gasteiger partial charge in [-0.25, -0.2) is 8.42 Å². The second-order valence-electron chi connectivity index (χ2n) is 7.13. The van der Waals surface area contributed by atoms with E-state index in [1.165, 1.54) is 16.4 Å². The van der Waals surface area contributed by atoms with Gasteiger partial charge in [0.2, 0.25) is 15.9 Å². The highest BCUT2D eigenvalue weighted by atomic mass is 35.5.